The van der Waals surface area contributed by atoms with Gasteiger partial charge < -0.3 is 19.5 Å². The molecule has 1 amide bonds. The SMILES string of the molecule is CN(C(=O)Cn1c(COc2ccccc2)nc2ccccc21)C1CCNCC1.Cl.Cl. The molecule has 30 heavy (non-hydrogen) atoms. The Morgan fingerprint density at radius 3 is 2.50 bits per heavy atom. The van der Waals surface area contributed by atoms with Crippen LogP contribution in [0.5, 0.6) is 5.75 Å². The van der Waals surface area contributed by atoms with Gasteiger partial charge in [0, 0.05) is 13.1 Å². The van der Waals surface area contributed by atoms with Crippen LogP contribution in [0.4, 0.5) is 0 Å². The van der Waals surface area contributed by atoms with Gasteiger partial charge in [-0.15, -0.1) is 24.8 Å². The van der Waals surface area contributed by atoms with Crippen LogP contribution < -0.4 is 10.1 Å². The normalized spacial score (nSPS) is 13.9. The minimum absolute atomic E-state index is 0. The molecule has 0 unspecified atom stereocenters. The van der Waals surface area contributed by atoms with Gasteiger partial charge in [0.1, 0.15) is 24.7 Å². The van der Waals surface area contributed by atoms with Crippen LogP contribution in [0.25, 0.3) is 11.0 Å². The molecule has 1 aromatic heterocycles. The van der Waals surface area contributed by atoms with Crippen LogP contribution in [-0.4, -0.2) is 46.5 Å². The summed E-state index contributed by atoms with van der Waals surface area (Å²) in [6.45, 7) is 2.52. The average Bonchev–Trinajstić information content (AvgIpc) is 3.10. The lowest BCUT2D eigenvalue weighted by Gasteiger charge is -2.32. The van der Waals surface area contributed by atoms with Gasteiger partial charge in [-0.25, -0.2) is 4.98 Å². The quantitative estimate of drug-likeness (QED) is 0.622. The third-order valence-corrected chi connectivity index (χ3v) is 5.39. The summed E-state index contributed by atoms with van der Waals surface area (Å²) in [5.74, 6) is 1.66. The number of rotatable bonds is 6. The molecule has 162 valence electrons. The highest BCUT2D eigenvalue weighted by Crippen LogP contribution is 2.19. The number of nitrogens with one attached hydrogen (secondary N) is 1. The zero-order valence-corrected chi connectivity index (χ0v) is 18.6. The number of aromatic nitrogens is 2. The molecule has 0 spiro atoms. The summed E-state index contributed by atoms with van der Waals surface area (Å²) in [6, 6.07) is 17.9. The van der Waals surface area contributed by atoms with E-state index in [0.717, 1.165) is 48.5 Å². The number of amides is 1. The minimum Gasteiger partial charge on any atom is -0.486 e. The van der Waals surface area contributed by atoms with E-state index in [1.165, 1.54) is 0 Å². The number of piperidine rings is 1. The fourth-order valence-corrected chi connectivity index (χ4v) is 3.72. The first-order valence-electron chi connectivity index (χ1n) is 9.81. The van der Waals surface area contributed by atoms with E-state index >= 15 is 0 Å². The van der Waals surface area contributed by atoms with E-state index in [1.54, 1.807) is 0 Å². The number of imidazole rings is 1. The summed E-state index contributed by atoms with van der Waals surface area (Å²) in [7, 11) is 1.91. The van der Waals surface area contributed by atoms with Crippen molar-refractivity contribution >= 4 is 41.8 Å². The number of fused-ring (bicyclic) bond motifs is 1. The van der Waals surface area contributed by atoms with Crippen LogP contribution in [0.1, 0.15) is 18.7 Å². The van der Waals surface area contributed by atoms with Gasteiger partial charge in [-0.05, 0) is 50.2 Å². The molecule has 1 aliphatic rings. The van der Waals surface area contributed by atoms with Gasteiger partial charge in [-0.3, -0.25) is 4.79 Å². The van der Waals surface area contributed by atoms with Gasteiger partial charge in [0.05, 0.1) is 11.0 Å². The number of nitrogens with zero attached hydrogens (tertiary/aromatic N) is 3. The Hall–Kier alpha value is -2.28. The molecular formula is C22H28Cl2N4O2. The number of carbonyl (C=O) groups excluding carboxylic acids is 1. The molecule has 0 atom stereocenters. The van der Waals surface area contributed by atoms with Crippen molar-refractivity contribution < 1.29 is 9.53 Å². The fourth-order valence-electron chi connectivity index (χ4n) is 3.72. The van der Waals surface area contributed by atoms with Crippen molar-refractivity contribution in [2.45, 2.75) is 32.0 Å². The van der Waals surface area contributed by atoms with Gasteiger partial charge in [-0.1, -0.05) is 30.3 Å². The van der Waals surface area contributed by atoms with E-state index in [2.05, 4.69) is 5.32 Å². The Balaban J connectivity index is 0.00000160. The minimum atomic E-state index is 0. The van der Waals surface area contributed by atoms with E-state index in [1.807, 2.05) is 71.1 Å². The monoisotopic (exact) mass is 450 g/mol. The summed E-state index contributed by atoms with van der Waals surface area (Å²) >= 11 is 0. The first kappa shape index (κ1) is 24.0. The number of benzene rings is 2. The molecule has 2 heterocycles. The highest BCUT2D eigenvalue weighted by atomic mass is 35.5. The smallest absolute Gasteiger partial charge is 0.242 e. The Morgan fingerprint density at radius 1 is 1.10 bits per heavy atom. The topological polar surface area (TPSA) is 59.4 Å². The van der Waals surface area contributed by atoms with Crippen molar-refractivity contribution in [1.82, 2.24) is 19.8 Å². The summed E-state index contributed by atoms with van der Waals surface area (Å²) in [5.41, 5.74) is 1.84. The van der Waals surface area contributed by atoms with E-state index < -0.39 is 0 Å². The van der Waals surface area contributed by atoms with Gasteiger partial charge in [0.15, 0.2) is 0 Å². The lowest BCUT2D eigenvalue weighted by molar-refractivity contribution is -0.133. The number of para-hydroxylation sites is 3. The van der Waals surface area contributed by atoms with Crippen LogP contribution >= 0.6 is 24.8 Å². The van der Waals surface area contributed by atoms with Gasteiger partial charge in [-0.2, -0.15) is 0 Å². The largest absolute Gasteiger partial charge is 0.486 e. The van der Waals surface area contributed by atoms with Gasteiger partial charge >= 0.3 is 0 Å². The van der Waals surface area contributed by atoms with E-state index in [9.17, 15) is 4.79 Å². The number of likely N-dealkylation sites (N-methyl/N-ethyl adjacent to an activating group) is 1. The average molecular weight is 451 g/mol. The van der Waals surface area contributed by atoms with Crippen molar-refractivity contribution in [2.24, 2.45) is 0 Å². The Bertz CT molecular complexity index is 943. The molecule has 6 nitrogen and oxygen atoms in total. The van der Waals surface area contributed by atoms with Crippen LogP contribution in [-0.2, 0) is 17.9 Å². The molecule has 1 aliphatic heterocycles. The van der Waals surface area contributed by atoms with Crippen molar-refractivity contribution in [2.75, 3.05) is 20.1 Å². The lowest BCUT2D eigenvalue weighted by atomic mass is 10.1. The maximum Gasteiger partial charge on any atom is 0.242 e. The first-order valence-corrected chi connectivity index (χ1v) is 9.81. The van der Waals surface area contributed by atoms with Crippen molar-refractivity contribution in [3.05, 3.63) is 60.4 Å². The van der Waals surface area contributed by atoms with Crippen LogP contribution in [0.2, 0.25) is 0 Å². The molecule has 3 aromatic rings. The lowest BCUT2D eigenvalue weighted by Crippen LogP contribution is -2.45. The zero-order chi connectivity index (χ0) is 19.3. The summed E-state index contributed by atoms with van der Waals surface area (Å²) in [5, 5.41) is 3.35. The van der Waals surface area contributed by atoms with E-state index in [-0.39, 0.29) is 37.3 Å². The van der Waals surface area contributed by atoms with Crippen LogP contribution in [0, 0.1) is 0 Å². The molecule has 2 aromatic carbocycles. The molecular weight excluding hydrogens is 423 g/mol. The van der Waals surface area contributed by atoms with E-state index in [4.69, 9.17) is 9.72 Å². The Kier molecular flexibility index (Phi) is 8.96. The van der Waals surface area contributed by atoms with Crippen molar-refractivity contribution in [3.8, 4) is 5.75 Å². The number of halogens is 2. The first-order chi connectivity index (χ1) is 13.7. The fraction of sp³-hybridized carbons (Fsp3) is 0.364. The molecule has 8 heteroatoms. The van der Waals surface area contributed by atoms with Gasteiger partial charge in [0.25, 0.3) is 0 Å². The van der Waals surface area contributed by atoms with Crippen LogP contribution in [0.15, 0.2) is 54.6 Å². The third-order valence-electron chi connectivity index (χ3n) is 5.39. The predicted octanol–water partition coefficient (Wildman–Crippen LogP) is 3.67. The number of hydrogen-bond acceptors (Lipinski definition) is 4. The van der Waals surface area contributed by atoms with E-state index in [0.29, 0.717) is 12.6 Å². The maximum absolute atomic E-state index is 13.0. The summed E-state index contributed by atoms with van der Waals surface area (Å²) in [6.07, 6.45) is 1.99. The molecule has 1 fully saturated rings. The molecule has 0 bridgehead atoms. The molecule has 0 radical (unpaired) electrons. The number of ether oxygens (including phenoxy) is 1. The molecule has 0 aliphatic carbocycles. The highest BCUT2D eigenvalue weighted by Gasteiger charge is 2.23. The Morgan fingerprint density at radius 2 is 1.77 bits per heavy atom. The molecule has 0 saturated carbocycles. The second-order valence-corrected chi connectivity index (χ2v) is 7.19. The van der Waals surface area contributed by atoms with Crippen molar-refractivity contribution in [3.63, 3.8) is 0 Å². The predicted molar refractivity (Wildman–Crippen MR) is 124 cm³/mol. The number of carbonyl (C=O) groups is 1. The second kappa shape index (κ2) is 11.2. The standard InChI is InChI=1S/C22H26N4O2.2ClH/c1-25(17-11-13-23-14-12-17)22(27)15-26-20-10-6-5-9-19(20)24-21(26)16-28-18-7-3-2-4-8-18;;/h2-10,17,23H,11-16H2,1H3;2*1H. The van der Waals surface area contributed by atoms with Crippen LogP contribution in [0.3, 0.4) is 0 Å². The zero-order valence-electron chi connectivity index (χ0n) is 17.0. The second-order valence-electron chi connectivity index (χ2n) is 7.19. The highest BCUT2D eigenvalue weighted by molar-refractivity contribution is 5.85. The third kappa shape index (κ3) is 5.45. The number of hydrogen-bond donors (Lipinski definition) is 1. The van der Waals surface area contributed by atoms with Gasteiger partial charge in [0.2, 0.25) is 5.91 Å². The Labute approximate surface area is 189 Å². The molecule has 1 N–H and O–H groups in total. The maximum atomic E-state index is 13.0. The summed E-state index contributed by atoms with van der Waals surface area (Å²) < 4.78 is 7.89. The molecule has 1 saturated heterocycles. The molecule has 4 rings (SSSR count). The summed E-state index contributed by atoms with van der Waals surface area (Å²) in [4.78, 5) is 19.6. The van der Waals surface area contributed by atoms with Crippen molar-refractivity contribution in [1.29, 1.82) is 0 Å².